The summed E-state index contributed by atoms with van der Waals surface area (Å²) in [7, 11) is -3.07. The Morgan fingerprint density at radius 2 is 1.94 bits per heavy atom. The molecule has 5 nitrogen and oxygen atoms in total. The number of nitrogens with two attached hydrogens (primary N) is 1. The Bertz CT molecular complexity index is 406. The predicted octanol–water partition coefficient (Wildman–Crippen LogP) is 0.764. The van der Waals surface area contributed by atoms with Gasteiger partial charge in [-0.15, -0.1) is 0 Å². The average Bonchev–Trinajstić information content (AvgIpc) is 3.01. The van der Waals surface area contributed by atoms with Crippen molar-refractivity contribution in [3.63, 3.8) is 0 Å². The summed E-state index contributed by atoms with van der Waals surface area (Å²) in [6.07, 6.45) is 3.43. The number of piperidine rings is 1. The molecule has 2 fully saturated rings. The lowest BCUT2D eigenvalue weighted by Gasteiger charge is -2.37. The van der Waals surface area contributed by atoms with Crippen molar-refractivity contribution >= 4 is 15.9 Å². The molecule has 0 atom stereocenters. The minimum Gasteiger partial charge on any atom is -0.387 e. The second-order valence-corrected chi connectivity index (χ2v) is 7.61. The molecule has 2 rings (SSSR count). The Balaban J connectivity index is 1.96. The fourth-order valence-electron chi connectivity index (χ4n) is 2.22. The Morgan fingerprint density at radius 3 is 2.35 bits per heavy atom. The van der Waals surface area contributed by atoms with Gasteiger partial charge in [-0.25, -0.2) is 12.7 Å². The smallest absolute Gasteiger partial charge is 0.214 e. The molecule has 98 valence electrons. The lowest BCUT2D eigenvalue weighted by Crippen LogP contribution is -2.47. The number of nitrogens with zero attached hydrogens (tertiary/aromatic N) is 1. The quantitative estimate of drug-likeness (QED) is 0.577. The molecule has 3 N–H and O–H groups in total. The number of sulfonamides is 1. The van der Waals surface area contributed by atoms with Crippen molar-refractivity contribution in [1.29, 1.82) is 5.41 Å². The number of nitrogens with one attached hydrogen (secondary N) is 1. The van der Waals surface area contributed by atoms with Crippen LogP contribution in [0.4, 0.5) is 0 Å². The van der Waals surface area contributed by atoms with Crippen molar-refractivity contribution < 1.29 is 8.42 Å². The zero-order valence-corrected chi connectivity index (χ0v) is 11.1. The van der Waals surface area contributed by atoms with Crippen LogP contribution in [0.3, 0.4) is 0 Å². The summed E-state index contributed by atoms with van der Waals surface area (Å²) in [5, 5.41) is 7.54. The number of rotatable bonds is 4. The molecule has 2 aliphatic rings. The van der Waals surface area contributed by atoms with Crippen LogP contribution in [-0.2, 0) is 10.0 Å². The molecule has 0 radical (unpaired) electrons. The van der Waals surface area contributed by atoms with Gasteiger partial charge in [0.2, 0.25) is 10.0 Å². The second kappa shape index (κ2) is 4.24. The summed E-state index contributed by atoms with van der Waals surface area (Å²) < 4.78 is 25.7. The zero-order valence-electron chi connectivity index (χ0n) is 10.3. The van der Waals surface area contributed by atoms with E-state index in [1.165, 1.54) is 0 Å². The third-order valence-corrected chi connectivity index (χ3v) is 6.06. The average molecular weight is 259 g/mol. The second-order valence-electron chi connectivity index (χ2n) is 5.60. The summed E-state index contributed by atoms with van der Waals surface area (Å²) in [5.74, 6) is 0.877. The summed E-state index contributed by atoms with van der Waals surface area (Å²) in [5.41, 5.74) is 5.25. The molecule has 17 heavy (non-hydrogen) atoms. The molecule has 6 heteroatoms. The van der Waals surface area contributed by atoms with Gasteiger partial charge in [-0.1, -0.05) is 6.92 Å². The van der Waals surface area contributed by atoms with E-state index in [1.54, 1.807) is 4.31 Å². The van der Waals surface area contributed by atoms with Crippen molar-refractivity contribution in [1.82, 2.24) is 4.31 Å². The van der Waals surface area contributed by atoms with Crippen LogP contribution >= 0.6 is 0 Å². The largest absolute Gasteiger partial charge is 0.387 e. The Kier molecular flexibility index (Phi) is 3.20. The van der Waals surface area contributed by atoms with E-state index in [4.69, 9.17) is 11.1 Å². The zero-order chi connectivity index (χ0) is 12.7. The molecule has 0 aromatic heterocycles. The molecule has 0 bridgehead atoms. The summed E-state index contributed by atoms with van der Waals surface area (Å²) in [6, 6.07) is 0. The van der Waals surface area contributed by atoms with E-state index < -0.39 is 10.0 Å². The molecule has 0 aromatic carbocycles. The van der Waals surface area contributed by atoms with E-state index in [9.17, 15) is 8.42 Å². The van der Waals surface area contributed by atoms with E-state index >= 15 is 0 Å². The highest BCUT2D eigenvalue weighted by molar-refractivity contribution is 7.89. The summed E-state index contributed by atoms with van der Waals surface area (Å²) >= 11 is 0. The van der Waals surface area contributed by atoms with Crippen LogP contribution < -0.4 is 5.73 Å². The number of hydrogen-bond donors (Lipinski definition) is 2. The molecule has 0 amide bonds. The highest BCUT2D eigenvalue weighted by atomic mass is 32.2. The predicted molar refractivity (Wildman–Crippen MR) is 67.3 cm³/mol. The highest BCUT2D eigenvalue weighted by Crippen LogP contribution is 2.35. The van der Waals surface area contributed by atoms with Crippen molar-refractivity contribution in [3.05, 3.63) is 0 Å². The monoisotopic (exact) mass is 259 g/mol. The molecule has 0 aromatic rings. The fraction of sp³-hybridized carbons (Fsp3) is 0.909. The molecule has 1 aliphatic heterocycles. The van der Waals surface area contributed by atoms with Crippen molar-refractivity contribution in [2.45, 2.75) is 32.6 Å². The van der Waals surface area contributed by atoms with E-state index in [1.807, 2.05) is 6.92 Å². The van der Waals surface area contributed by atoms with Crippen LogP contribution in [0, 0.1) is 16.7 Å². The van der Waals surface area contributed by atoms with Gasteiger partial charge in [0.1, 0.15) is 0 Å². The van der Waals surface area contributed by atoms with Gasteiger partial charge < -0.3 is 5.73 Å². The maximum absolute atomic E-state index is 12.1. The van der Waals surface area contributed by atoms with Crippen LogP contribution in [0.25, 0.3) is 0 Å². The van der Waals surface area contributed by atoms with Gasteiger partial charge in [0.15, 0.2) is 0 Å². The van der Waals surface area contributed by atoms with Gasteiger partial charge in [0.05, 0.1) is 11.6 Å². The van der Waals surface area contributed by atoms with Crippen LogP contribution in [0.1, 0.15) is 32.6 Å². The minimum absolute atomic E-state index is 0.178. The van der Waals surface area contributed by atoms with Gasteiger partial charge >= 0.3 is 0 Å². The molecule has 1 saturated heterocycles. The molecule has 0 spiro atoms. The van der Waals surface area contributed by atoms with Crippen LogP contribution in [0.15, 0.2) is 0 Å². The first-order valence-electron chi connectivity index (χ1n) is 6.16. The van der Waals surface area contributed by atoms with E-state index in [2.05, 4.69) is 0 Å². The number of amidine groups is 1. The fourth-order valence-corrected chi connectivity index (χ4v) is 4.09. The molecule has 1 heterocycles. The number of hydrogen-bond acceptors (Lipinski definition) is 3. The Hall–Kier alpha value is -0.620. The van der Waals surface area contributed by atoms with Gasteiger partial charge in [-0.2, -0.15) is 0 Å². The van der Waals surface area contributed by atoms with Crippen LogP contribution in [-0.4, -0.2) is 37.4 Å². The molecule has 0 unspecified atom stereocenters. The van der Waals surface area contributed by atoms with Crippen LogP contribution in [0.2, 0.25) is 0 Å². The first kappa shape index (κ1) is 12.8. The van der Waals surface area contributed by atoms with E-state index in [0.717, 1.165) is 12.8 Å². The first-order valence-corrected chi connectivity index (χ1v) is 7.77. The SMILES string of the molecule is CC1(C(=N)N)CCN(S(=O)(=O)CC2CC2)CC1. The topological polar surface area (TPSA) is 87.2 Å². The van der Waals surface area contributed by atoms with Gasteiger partial charge in [-0.05, 0) is 31.6 Å². The van der Waals surface area contributed by atoms with E-state index in [-0.39, 0.29) is 11.3 Å². The summed E-state index contributed by atoms with van der Waals surface area (Å²) in [4.78, 5) is 0. The Morgan fingerprint density at radius 1 is 1.41 bits per heavy atom. The lowest BCUT2D eigenvalue weighted by molar-refractivity contribution is 0.240. The third kappa shape index (κ3) is 2.80. The van der Waals surface area contributed by atoms with Crippen molar-refractivity contribution in [2.75, 3.05) is 18.8 Å². The van der Waals surface area contributed by atoms with Crippen molar-refractivity contribution in [3.8, 4) is 0 Å². The standard InChI is InChI=1S/C11H21N3O2S/c1-11(10(12)13)4-6-14(7-5-11)17(15,16)8-9-2-3-9/h9H,2-8H2,1H3,(H3,12,13). The van der Waals surface area contributed by atoms with Crippen molar-refractivity contribution in [2.24, 2.45) is 17.1 Å². The maximum atomic E-state index is 12.1. The van der Waals surface area contributed by atoms with Gasteiger partial charge in [-0.3, -0.25) is 5.41 Å². The highest BCUT2D eigenvalue weighted by Gasteiger charge is 2.38. The van der Waals surface area contributed by atoms with Gasteiger partial charge in [0.25, 0.3) is 0 Å². The minimum atomic E-state index is -3.07. The normalized spacial score (nSPS) is 25.7. The lowest BCUT2D eigenvalue weighted by atomic mass is 9.80. The van der Waals surface area contributed by atoms with Crippen LogP contribution in [0.5, 0.6) is 0 Å². The van der Waals surface area contributed by atoms with Gasteiger partial charge in [0, 0.05) is 18.5 Å². The first-order chi connectivity index (χ1) is 7.83. The molecule has 1 aliphatic carbocycles. The molecule has 1 saturated carbocycles. The molecular formula is C11H21N3O2S. The van der Waals surface area contributed by atoms with E-state index in [0.29, 0.717) is 37.6 Å². The Labute approximate surface area is 103 Å². The maximum Gasteiger partial charge on any atom is 0.214 e. The summed E-state index contributed by atoms with van der Waals surface area (Å²) in [6.45, 7) is 2.95. The third-order valence-electron chi connectivity index (χ3n) is 4.01. The molecular weight excluding hydrogens is 238 g/mol.